The third kappa shape index (κ3) is 2.76. The van der Waals surface area contributed by atoms with E-state index in [-0.39, 0.29) is 0 Å². The number of hydrogen-bond donors (Lipinski definition) is 3. The lowest BCUT2D eigenvalue weighted by Gasteiger charge is -2.06. The molecule has 1 rings (SSSR count). The van der Waals surface area contributed by atoms with E-state index in [1.165, 1.54) is 6.92 Å². The van der Waals surface area contributed by atoms with Gasteiger partial charge in [0.15, 0.2) is 0 Å². The predicted molar refractivity (Wildman–Crippen MR) is 51.2 cm³/mol. The summed E-state index contributed by atoms with van der Waals surface area (Å²) >= 11 is 0. The van der Waals surface area contributed by atoms with Crippen molar-refractivity contribution in [3.63, 3.8) is 0 Å². The molecule has 1 atom stereocenters. The van der Waals surface area contributed by atoms with Gasteiger partial charge in [-0.3, -0.25) is 4.79 Å². The Morgan fingerprint density at radius 1 is 1.62 bits per heavy atom. The van der Waals surface area contributed by atoms with Crippen molar-refractivity contribution in [1.82, 2.24) is 0 Å². The number of carbonyl (C=O) groups excluding carboxylic acids is 1. The Hall–Kier alpha value is -1.55. The molecule has 0 aliphatic carbocycles. The molecule has 0 radical (unpaired) electrons. The van der Waals surface area contributed by atoms with Crippen molar-refractivity contribution >= 4 is 17.3 Å². The van der Waals surface area contributed by atoms with Crippen LogP contribution in [0.15, 0.2) is 24.3 Å². The Morgan fingerprint density at radius 2 is 2.31 bits per heavy atom. The van der Waals surface area contributed by atoms with Crippen LogP contribution in [0, 0.1) is 0 Å². The van der Waals surface area contributed by atoms with Gasteiger partial charge in [-0.1, -0.05) is 6.07 Å². The second-order valence-electron chi connectivity index (χ2n) is 2.79. The molecule has 4 nitrogen and oxygen atoms in total. The molecular weight excluding hydrogens is 168 g/mol. The lowest BCUT2D eigenvalue weighted by molar-refractivity contribution is -0.123. The number of carbonyl (C=O) groups is 1. The highest BCUT2D eigenvalue weighted by Gasteiger charge is 2.07. The van der Waals surface area contributed by atoms with Crippen LogP contribution in [-0.2, 0) is 4.79 Å². The molecule has 4 N–H and O–H groups in total. The zero-order chi connectivity index (χ0) is 9.84. The second kappa shape index (κ2) is 3.91. The molecule has 0 bridgehead atoms. The standard InChI is InChI=1S/C9H12N2O2/c1-6(12)9(13)11-8-4-2-3-7(10)5-8/h2-6,12H,10H2,1H3,(H,11,13). The van der Waals surface area contributed by atoms with Gasteiger partial charge in [-0.2, -0.15) is 0 Å². The summed E-state index contributed by atoms with van der Waals surface area (Å²) in [5, 5.41) is 11.4. The zero-order valence-corrected chi connectivity index (χ0v) is 7.32. The maximum Gasteiger partial charge on any atom is 0.252 e. The molecule has 1 unspecified atom stereocenters. The average molecular weight is 180 g/mol. The SMILES string of the molecule is CC(O)C(=O)Nc1cccc(N)c1. The first kappa shape index (κ1) is 9.54. The van der Waals surface area contributed by atoms with Crippen molar-refractivity contribution in [2.45, 2.75) is 13.0 Å². The number of nitrogens with one attached hydrogen (secondary N) is 1. The molecule has 1 amide bonds. The van der Waals surface area contributed by atoms with Crippen molar-refractivity contribution in [2.75, 3.05) is 11.1 Å². The van der Waals surface area contributed by atoms with E-state index >= 15 is 0 Å². The summed E-state index contributed by atoms with van der Waals surface area (Å²) in [6, 6.07) is 6.78. The first-order chi connectivity index (χ1) is 6.09. The van der Waals surface area contributed by atoms with Crippen LogP contribution in [0.5, 0.6) is 0 Å². The number of aliphatic hydroxyl groups excluding tert-OH is 1. The lowest BCUT2D eigenvalue weighted by Crippen LogP contribution is -2.24. The summed E-state index contributed by atoms with van der Waals surface area (Å²) < 4.78 is 0. The molecule has 0 saturated carbocycles. The largest absolute Gasteiger partial charge is 0.399 e. The van der Waals surface area contributed by atoms with Crippen molar-refractivity contribution in [1.29, 1.82) is 0 Å². The number of amides is 1. The molecule has 0 spiro atoms. The van der Waals surface area contributed by atoms with Crippen molar-refractivity contribution in [3.05, 3.63) is 24.3 Å². The van der Waals surface area contributed by atoms with Crippen LogP contribution < -0.4 is 11.1 Å². The third-order valence-corrected chi connectivity index (χ3v) is 1.53. The molecule has 0 heterocycles. The first-order valence-corrected chi connectivity index (χ1v) is 3.94. The van der Waals surface area contributed by atoms with Gasteiger partial charge in [-0.25, -0.2) is 0 Å². The lowest BCUT2D eigenvalue weighted by atomic mass is 10.2. The van der Waals surface area contributed by atoms with Gasteiger partial charge in [0.25, 0.3) is 5.91 Å². The van der Waals surface area contributed by atoms with Gasteiger partial charge in [0.2, 0.25) is 0 Å². The molecule has 0 aromatic heterocycles. The van der Waals surface area contributed by atoms with Crippen molar-refractivity contribution < 1.29 is 9.90 Å². The molecular formula is C9H12N2O2. The predicted octanol–water partition coefficient (Wildman–Crippen LogP) is 0.588. The minimum atomic E-state index is -1.01. The van der Waals surface area contributed by atoms with E-state index in [2.05, 4.69) is 5.32 Å². The van der Waals surface area contributed by atoms with Gasteiger partial charge in [0.05, 0.1) is 0 Å². The maximum atomic E-state index is 11.0. The van der Waals surface area contributed by atoms with Gasteiger partial charge in [-0.05, 0) is 25.1 Å². The summed E-state index contributed by atoms with van der Waals surface area (Å²) in [6.45, 7) is 1.40. The Morgan fingerprint density at radius 3 is 2.85 bits per heavy atom. The summed E-state index contributed by atoms with van der Waals surface area (Å²) in [4.78, 5) is 11.0. The van der Waals surface area contributed by atoms with E-state index in [9.17, 15) is 4.79 Å². The molecule has 4 heteroatoms. The van der Waals surface area contributed by atoms with Crippen LogP contribution in [0.2, 0.25) is 0 Å². The fraction of sp³-hybridized carbons (Fsp3) is 0.222. The van der Waals surface area contributed by atoms with Gasteiger partial charge in [-0.15, -0.1) is 0 Å². The van der Waals surface area contributed by atoms with Gasteiger partial charge < -0.3 is 16.2 Å². The number of benzene rings is 1. The third-order valence-electron chi connectivity index (χ3n) is 1.53. The Kier molecular flexibility index (Phi) is 2.87. The van der Waals surface area contributed by atoms with Gasteiger partial charge >= 0.3 is 0 Å². The fourth-order valence-corrected chi connectivity index (χ4v) is 0.863. The molecule has 1 aromatic carbocycles. The van der Waals surface area contributed by atoms with Crippen LogP contribution in [0.1, 0.15) is 6.92 Å². The molecule has 1 aromatic rings. The minimum Gasteiger partial charge on any atom is -0.399 e. The van der Waals surface area contributed by atoms with Gasteiger partial charge in [0, 0.05) is 11.4 Å². The number of aliphatic hydroxyl groups is 1. The number of nitrogen functional groups attached to an aromatic ring is 1. The van der Waals surface area contributed by atoms with E-state index in [0.717, 1.165) is 0 Å². The van der Waals surface area contributed by atoms with Crippen LogP contribution >= 0.6 is 0 Å². The van der Waals surface area contributed by atoms with Crippen LogP contribution in [0.25, 0.3) is 0 Å². The maximum absolute atomic E-state index is 11.0. The van der Waals surface area contributed by atoms with Crippen LogP contribution in [0.3, 0.4) is 0 Å². The summed E-state index contributed by atoms with van der Waals surface area (Å²) in [5.74, 6) is -0.439. The molecule has 0 aliphatic rings. The molecule has 0 saturated heterocycles. The average Bonchev–Trinajstić information content (AvgIpc) is 2.04. The first-order valence-electron chi connectivity index (χ1n) is 3.94. The molecule has 0 aliphatic heterocycles. The molecule has 0 fully saturated rings. The van der Waals surface area contributed by atoms with E-state index in [4.69, 9.17) is 10.8 Å². The molecule has 13 heavy (non-hydrogen) atoms. The fourth-order valence-electron chi connectivity index (χ4n) is 0.863. The van der Waals surface area contributed by atoms with Crippen LogP contribution in [-0.4, -0.2) is 17.1 Å². The Bertz CT molecular complexity index is 310. The Balaban J connectivity index is 2.69. The minimum absolute atomic E-state index is 0.439. The second-order valence-corrected chi connectivity index (χ2v) is 2.79. The quantitative estimate of drug-likeness (QED) is 0.583. The number of rotatable bonds is 2. The van der Waals surface area contributed by atoms with Gasteiger partial charge in [0.1, 0.15) is 6.10 Å². The number of hydrogen-bond acceptors (Lipinski definition) is 3. The van der Waals surface area contributed by atoms with E-state index in [0.29, 0.717) is 11.4 Å². The number of anilines is 2. The Labute approximate surface area is 76.4 Å². The zero-order valence-electron chi connectivity index (χ0n) is 7.32. The van der Waals surface area contributed by atoms with E-state index in [1.807, 2.05) is 0 Å². The summed E-state index contributed by atoms with van der Waals surface area (Å²) in [6.07, 6.45) is -1.01. The molecule has 70 valence electrons. The highest BCUT2D eigenvalue weighted by Crippen LogP contribution is 2.11. The smallest absolute Gasteiger partial charge is 0.252 e. The van der Waals surface area contributed by atoms with Crippen molar-refractivity contribution in [3.8, 4) is 0 Å². The monoisotopic (exact) mass is 180 g/mol. The topological polar surface area (TPSA) is 75.3 Å². The van der Waals surface area contributed by atoms with Crippen LogP contribution in [0.4, 0.5) is 11.4 Å². The highest BCUT2D eigenvalue weighted by atomic mass is 16.3. The normalized spacial score (nSPS) is 12.2. The summed E-state index contributed by atoms with van der Waals surface area (Å²) in [5.41, 5.74) is 6.66. The summed E-state index contributed by atoms with van der Waals surface area (Å²) in [7, 11) is 0. The highest BCUT2D eigenvalue weighted by molar-refractivity contribution is 5.93. The van der Waals surface area contributed by atoms with E-state index in [1.54, 1.807) is 24.3 Å². The number of nitrogens with two attached hydrogens (primary N) is 1. The van der Waals surface area contributed by atoms with Crippen molar-refractivity contribution in [2.24, 2.45) is 0 Å². The van der Waals surface area contributed by atoms with E-state index < -0.39 is 12.0 Å².